The van der Waals surface area contributed by atoms with E-state index < -0.39 is 44.9 Å². The van der Waals surface area contributed by atoms with E-state index in [1.165, 1.54) is 55.3 Å². The van der Waals surface area contributed by atoms with Gasteiger partial charge in [0.2, 0.25) is 11.8 Å². The molecule has 3 aromatic rings. The van der Waals surface area contributed by atoms with Crippen molar-refractivity contribution in [3.05, 3.63) is 93.0 Å². The lowest BCUT2D eigenvalue weighted by Crippen LogP contribution is -2.55. The number of hydrogen-bond acceptors (Lipinski definition) is 7. The summed E-state index contributed by atoms with van der Waals surface area (Å²) in [5, 5.41) is 14.9. The number of nitro groups is 1. The molecule has 2 amide bonds. The third-order valence-electron chi connectivity index (χ3n) is 6.79. The third-order valence-corrected chi connectivity index (χ3v) is 8.93. The summed E-state index contributed by atoms with van der Waals surface area (Å²) in [6.07, 6.45) is 0.234. The molecule has 0 fully saturated rings. The van der Waals surface area contributed by atoms with Gasteiger partial charge in [0.05, 0.1) is 22.6 Å². The average molecular weight is 645 g/mol. The van der Waals surface area contributed by atoms with Crippen molar-refractivity contribution in [3.8, 4) is 5.75 Å². The number of hydrogen-bond donors (Lipinski definition) is 1. The van der Waals surface area contributed by atoms with Crippen LogP contribution in [0.3, 0.4) is 0 Å². The largest absolute Gasteiger partial charge is 0.497 e. The maximum atomic E-state index is 14.2. The number of benzene rings is 3. The van der Waals surface area contributed by atoms with Crippen molar-refractivity contribution in [2.75, 3.05) is 18.0 Å². The van der Waals surface area contributed by atoms with Crippen molar-refractivity contribution in [3.63, 3.8) is 0 Å². The van der Waals surface area contributed by atoms with Crippen LogP contribution in [0.2, 0.25) is 5.02 Å². The quantitative estimate of drug-likeness (QED) is 0.203. The predicted molar refractivity (Wildman–Crippen MR) is 169 cm³/mol. The first kappa shape index (κ1) is 34.3. The highest BCUT2D eigenvalue weighted by atomic mass is 35.5. The Bertz CT molecular complexity index is 1620. The van der Waals surface area contributed by atoms with E-state index in [-0.39, 0.29) is 34.8 Å². The Kier molecular flexibility index (Phi) is 11.0. The Morgan fingerprint density at radius 2 is 1.70 bits per heavy atom. The minimum atomic E-state index is -4.52. The Balaban J connectivity index is 2.14. The molecule has 0 aliphatic carbocycles. The summed E-state index contributed by atoms with van der Waals surface area (Å²) in [5.41, 5.74) is -0.00730. The fourth-order valence-corrected chi connectivity index (χ4v) is 6.16. The number of ether oxygens (including phenoxy) is 1. The minimum Gasteiger partial charge on any atom is -0.497 e. The number of rotatable bonds is 12. The molecule has 0 saturated carbocycles. The van der Waals surface area contributed by atoms with E-state index in [1.807, 2.05) is 20.8 Å². The lowest BCUT2D eigenvalue weighted by molar-refractivity contribution is -0.385. The zero-order valence-corrected chi connectivity index (χ0v) is 27.1. The normalized spacial score (nSPS) is 12.2. The van der Waals surface area contributed by atoms with Gasteiger partial charge in [-0.1, -0.05) is 42.8 Å². The van der Waals surface area contributed by atoms with Gasteiger partial charge in [0.15, 0.2) is 0 Å². The van der Waals surface area contributed by atoms with Crippen LogP contribution in [0.1, 0.15) is 45.2 Å². The van der Waals surface area contributed by atoms with Gasteiger partial charge in [-0.15, -0.1) is 0 Å². The number of sulfonamides is 1. The van der Waals surface area contributed by atoms with E-state index in [0.717, 1.165) is 10.4 Å². The van der Waals surface area contributed by atoms with E-state index in [1.54, 1.807) is 31.2 Å². The van der Waals surface area contributed by atoms with Crippen LogP contribution in [0.25, 0.3) is 0 Å². The first-order valence-corrected chi connectivity index (χ1v) is 15.7. The minimum absolute atomic E-state index is 0.0684. The number of anilines is 1. The number of carbonyl (C=O) groups excluding carboxylic acids is 2. The van der Waals surface area contributed by atoms with Gasteiger partial charge in [0.1, 0.15) is 18.3 Å². The van der Waals surface area contributed by atoms with Crippen molar-refractivity contribution in [1.82, 2.24) is 10.2 Å². The first-order chi connectivity index (χ1) is 20.6. The summed E-state index contributed by atoms with van der Waals surface area (Å²) in [7, 11) is -3.07. The molecule has 0 aliphatic rings. The number of carbonyl (C=O) groups is 2. The van der Waals surface area contributed by atoms with Gasteiger partial charge in [-0.05, 0) is 76.1 Å². The molecule has 0 radical (unpaired) electrons. The molecule has 3 aromatic carbocycles. The maximum Gasteiger partial charge on any atom is 0.273 e. The molecule has 0 aliphatic heterocycles. The fraction of sp³-hybridized carbons (Fsp3) is 0.355. The summed E-state index contributed by atoms with van der Waals surface area (Å²) in [4.78, 5) is 39.6. The summed E-state index contributed by atoms with van der Waals surface area (Å²) in [5.74, 6) is -0.635. The van der Waals surface area contributed by atoms with Crippen molar-refractivity contribution < 1.29 is 27.7 Å². The zero-order valence-electron chi connectivity index (χ0n) is 25.5. The van der Waals surface area contributed by atoms with Gasteiger partial charge in [-0.25, -0.2) is 8.42 Å². The fourth-order valence-electron chi connectivity index (χ4n) is 4.53. The number of halogens is 1. The van der Waals surface area contributed by atoms with E-state index in [2.05, 4.69) is 5.32 Å². The van der Waals surface area contributed by atoms with Crippen LogP contribution in [-0.4, -0.2) is 55.3 Å². The molecule has 0 bridgehead atoms. The molecule has 3 rings (SSSR count). The Labute approximate surface area is 263 Å². The Morgan fingerprint density at radius 3 is 2.25 bits per heavy atom. The molecule has 0 unspecified atom stereocenters. The highest BCUT2D eigenvalue weighted by Crippen LogP contribution is 2.30. The van der Waals surface area contributed by atoms with Gasteiger partial charge < -0.3 is 15.0 Å². The average Bonchev–Trinajstić information content (AvgIpc) is 2.95. The molecule has 236 valence electrons. The number of amides is 2. The molecule has 1 N–H and O–H groups in total. The Morgan fingerprint density at radius 1 is 1.07 bits per heavy atom. The molecular formula is C31H37ClN4O7S. The molecule has 0 aromatic heterocycles. The molecular weight excluding hydrogens is 608 g/mol. The molecule has 0 spiro atoms. The van der Waals surface area contributed by atoms with Crippen LogP contribution >= 0.6 is 11.6 Å². The van der Waals surface area contributed by atoms with Crippen molar-refractivity contribution >= 4 is 44.8 Å². The molecule has 1 atom stereocenters. The summed E-state index contributed by atoms with van der Waals surface area (Å²) < 4.78 is 34.3. The summed E-state index contributed by atoms with van der Waals surface area (Å²) in [6.45, 7) is 7.92. The highest BCUT2D eigenvalue weighted by molar-refractivity contribution is 7.92. The van der Waals surface area contributed by atoms with Gasteiger partial charge >= 0.3 is 0 Å². The van der Waals surface area contributed by atoms with Gasteiger partial charge in [0.25, 0.3) is 15.7 Å². The molecule has 0 heterocycles. The molecule has 11 nitrogen and oxygen atoms in total. The highest BCUT2D eigenvalue weighted by Gasteiger charge is 2.35. The standard InChI is InChI=1S/C31H37ClN4O7S/c1-7-27(30(38)33-31(3,4)5)34(19-22-10-8-9-11-26(22)32)29(37)20-35(23-13-15-24(43-6)16-14-23)44(41,42)25-17-12-21(2)28(18-25)36(39)40/h8-18,27H,7,19-20H2,1-6H3,(H,33,38)/t27-/m0/s1. The molecule has 13 heteroatoms. The number of aryl methyl sites for hydroxylation is 1. The van der Waals surface area contributed by atoms with Crippen LogP contribution in [0.15, 0.2) is 71.6 Å². The monoisotopic (exact) mass is 644 g/mol. The smallest absolute Gasteiger partial charge is 0.273 e. The third kappa shape index (κ3) is 8.26. The summed E-state index contributed by atoms with van der Waals surface area (Å²) >= 11 is 6.43. The van der Waals surface area contributed by atoms with E-state index in [9.17, 15) is 28.1 Å². The lowest BCUT2D eigenvalue weighted by atomic mass is 10.1. The maximum absolute atomic E-state index is 14.2. The number of nitrogens with one attached hydrogen (secondary N) is 1. The van der Waals surface area contributed by atoms with E-state index in [0.29, 0.717) is 16.3 Å². The second kappa shape index (κ2) is 14.1. The van der Waals surface area contributed by atoms with Crippen LogP contribution in [0, 0.1) is 17.0 Å². The SMILES string of the molecule is CC[C@@H](C(=O)NC(C)(C)C)N(Cc1ccccc1Cl)C(=O)CN(c1ccc(OC)cc1)S(=O)(=O)c1ccc(C)c([N+](=O)[O-])c1. The van der Waals surface area contributed by atoms with Crippen LogP contribution < -0.4 is 14.4 Å². The second-order valence-electron chi connectivity index (χ2n) is 11.2. The van der Waals surface area contributed by atoms with Gasteiger partial charge in [-0.3, -0.25) is 24.0 Å². The van der Waals surface area contributed by atoms with Crippen molar-refractivity contribution in [2.45, 2.75) is 64.1 Å². The van der Waals surface area contributed by atoms with Crippen molar-refractivity contribution in [2.24, 2.45) is 0 Å². The van der Waals surface area contributed by atoms with Crippen LogP contribution in [0.5, 0.6) is 5.75 Å². The first-order valence-electron chi connectivity index (χ1n) is 13.9. The molecule has 0 saturated heterocycles. The number of nitrogens with zero attached hydrogens (tertiary/aromatic N) is 3. The zero-order chi connectivity index (χ0) is 32.8. The topological polar surface area (TPSA) is 139 Å². The van der Waals surface area contributed by atoms with Crippen LogP contribution in [-0.2, 0) is 26.2 Å². The van der Waals surface area contributed by atoms with Gasteiger partial charge in [-0.2, -0.15) is 0 Å². The summed E-state index contributed by atoms with van der Waals surface area (Å²) in [6, 6.07) is 15.5. The Hall–Kier alpha value is -4.16. The van der Waals surface area contributed by atoms with Crippen LogP contribution in [0.4, 0.5) is 11.4 Å². The second-order valence-corrected chi connectivity index (χ2v) is 13.5. The number of methoxy groups -OCH3 is 1. The van der Waals surface area contributed by atoms with E-state index in [4.69, 9.17) is 16.3 Å². The van der Waals surface area contributed by atoms with E-state index >= 15 is 0 Å². The van der Waals surface area contributed by atoms with Gasteiger partial charge in [0, 0.05) is 28.7 Å². The predicted octanol–water partition coefficient (Wildman–Crippen LogP) is 5.48. The molecule has 44 heavy (non-hydrogen) atoms. The number of nitro benzene ring substituents is 1. The van der Waals surface area contributed by atoms with Crippen molar-refractivity contribution in [1.29, 1.82) is 0 Å². The lowest BCUT2D eigenvalue weighted by Gasteiger charge is -2.35.